The van der Waals surface area contributed by atoms with Gasteiger partial charge in [0.2, 0.25) is 0 Å². The number of hydrogen-bond acceptors (Lipinski definition) is 3. The van der Waals surface area contributed by atoms with Crippen molar-refractivity contribution in [1.82, 2.24) is 5.32 Å². The second-order valence-electron chi connectivity index (χ2n) is 6.05. The number of benzene rings is 1. The van der Waals surface area contributed by atoms with Gasteiger partial charge in [0, 0.05) is 24.4 Å². The Balaban J connectivity index is 1.98. The van der Waals surface area contributed by atoms with E-state index in [1.807, 2.05) is 19.1 Å². The van der Waals surface area contributed by atoms with Crippen LogP contribution < -0.4 is 5.32 Å². The predicted octanol–water partition coefficient (Wildman–Crippen LogP) is 3.17. The Kier molecular flexibility index (Phi) is 4.28. The van der Waals surface area contributed by atoms with Crippen molar-refractivity contribution in [3.63, 3.8) is 0 Å². The van der Waals surface area contributed by atoms with Crippen LogP contribution in [0.5, 0.6) is 0 Å². The van der Waals surface area contributed by atoms with Gasteiger partial charge >= 0.3 is 0 Å². The highest BCUT2D eigenvalue weighted by molar-refractivity contribution is 6.42. The third-order valence-corrected chi connectivity index (χ3v) is 5.56. The standard InChI is InChI=1S/C16H19Cl2NO2/c1-2-13(20)15-10(6-9-7-14(21)16(15)19-9)8-3-4-11(17)12(18)5-8/h3-5,9-10,14-16,19,21H,2,6-7H2,1H3/t9?,10-,14?,15-,16-/m1/s1. The molecular weight excluding hydrogens is 309 g/mol. The van der Waals surface area contributed by atoms with Crippen molar-refractivity contribution in [2.75, 3.05) is 0 Å². The van der Waals surface area contributed by atoms with Crippen LogP contribution in [0.4, 0.5) is 0 Å². The zero-order chi connectivity index (χ0) is 15.1. The number of carbonyl (C=O) groups excluding carboxylic acids is 1. The Labute approximate surface area is 134 Å². The molecule has 2 aliphatic rings. The smallest absolute Gasteiger partial charge is 0.137 e. The van der Waals surface area contributed by atoms with Crippen LogP contribution in [-0.2, 0) is 4.79 Å². The van der Waals surface area contributed by atoms with Gasteiger partial charge in [0.15, 0.2) is 0 Å². The van der Waals surface area contributed by atoms with Crippen molar-refractivity contribution in [2.45, 2.75) is 50.3 Å². The van der Waals surface area contributed by atoms with Crippen molar-refractivity contribution in [3.05, 3.63) is 33.8 Å². The average molecular weight is 328 g/mol. The summed E-state index contributed by atoms with van der Waals surface area (Å²) >= 11 is 12.1. The second kappa shape index (κ2) is 5.88. The lowest BCUT2D eigenvalue weighted by Crippen LogP contribution is -2.50. The van der Waals surface area contributed by atoms with Crippen molar-refractivity contribution in [3.8, 4) is 0 Å². The first-order chi connectivity index (χ1) is 10.0. The molecule has 5 atom stereocenters. The largest absolute Gasteiger partial charge is 0.391 e. The molecule has 0 spiro atoms. The molecule has 5 heteroatoms. The maximum Gasteiger partial charge on any atom is 0.137 e. The monoisotopic (exact) mass is 327 g/mol. The molecule has 2 N–H and O–H groups in total. The van der Waals surface area contributed by atoms with Gasteiger partial charge in [-0.25, -0.2) is 0 Å². The first kappa shape index (κ1) is 15.3. The van der Waals surface area contributed by atoms with E-state index in [1.165, 1.54) is 0 Å². The van der Waals surface area contributed by atoms with E-state index in [4.69, 9.17) is 23.2 Å². The van der Waals surface area contributed by atoms with Crippen LogP contribution in [0, 0.1) is 5.92 Å². The lowest BCUT2D eigenvalue weighted by Gasteiger charge is -2.37. The predicted molar refractivity (Wildman–Crippen MR) is 83.9 cm³/mol. The Hall–Kier alpha value is -0.610. The zero-order valence-electron chi connectivity index (χ0n) is 11.9. The van der Waals surface area contributed by atoms with Gasteiger partial charge in [-0.2, -0.15) is 0 Å². The summed E-state index contributed by atoms with van der Waals surface area (Å²) in [5, 5.41) is 14.7. The Morgan fingerprint density at radius 2 is 2.10 bits per heavy atom. The number of fused-ring (bicyclic) bond motifs is 2. The molecule has 3 nitrogen and oxygen atoms in total. The maximum absolute atomic E-state index is 12.4. The number of carbonyl (C=O) groups is 1. The Morgan fingerprint density at radius 1 is 1.33 bits per heavy atom. The molecule has 2 fully saturated rings. The maximum atomic E-state index is 12.4. The minimum atomic E-state index is -0.441. The highest BCUT2D eigenvalue weighted by Crippen LogP contribution is 2.43. The Bertz CT molecular complexity index is 563. The number of piperidine rings is 1. The number of nitrogens with one attached hydrogen (secondary N) is 1. The highest BCUT2D eigenvalue weighted by atomic mass is 35.5. The van der Waals surface area contributed by atoms with Gasteiger partial charge in [0.05, 0.1) is 16.1 Å². The van der Waals surface area contributed by atoms with E-state index in [1.54, 1.807) is 6.07 Å². The fourth-order valence-electron chi connectivity index (χ4n) is 3.85. The molecule has 0 saturated carbocycles. The molecule has 21 heavy (non-hydrogen) atoms. The molecule has 0 aliphatic carbocycles. The lowest BCUT2D eigenvalue weighted by atomic mass is 9.74. The first-order valence-electron chi connectivity index (χ1n) is 7.43. The Morgan fingerprint density at radius 3 is 2.76 bits per heavy atom. The van der Waals surface area contributed by atoms with Gasteiger partial charge in [0.25, 0.3) is 0 Å². The summed E-state index contributed by atoms with van der Waals surface area (Å²) in [6.45, 7) is 1.88. The summed E-state index contributed by atoms with van der Waals surface area (Å²) in [5.74, 6) is 0.101. The van der Waals surface area contributed by atoms with E-state index in [0.29, 0.717) is 16.5 Å². The quantitative estimate of drug-likeness (QED) is 0.896. The molecule has 1 aromatic rings. The van der Waals surface area contributed by atoms with Gasteiger partial charge < -0.3 is 10.4 Å². The van der Waals surface area contributed by atoms with Gasteiger partial charge in [0.1, 0.15) is 5.78 Å². The molecule has 0 radical (unpaired) electrons. The van der Waals surface area contributed by atoms with Crippen LogP contribution in [-0.4, -0.2) is 29.1 Å². The molecule has 3 rings (SSSR count). The highest BCUT2D eigenvalue weighted by Gasteiger charge is 2.49. The van der Waals surface area contributed by atoms with Gasteiger partial charge in [-0.1, -0.05) is 36.2 Å². The van der Waals surface area contributed by atoms with Gasteiger partial charge in [-0.3, -0.25) is 4.79 Å². The SMILES string of the molecule is CCC(=O)[C@H]1[C@@H](c2ccc(Cl)c(Cl)c2)CC2CC(O)[C@H]1N2. The summed E-state index contributed by atoms with van der Waals surface area (Å²) in [5.41, 5.74) is 1.04. The average Bonchev–Trinajstić information content (AvgIpc) is 2.76. The van der Waals surface area contributed by atoms with Crippen molar-refractivity contribution >= 4 is 29.0 Å². The van der Waals surface area contributed by atoms with E-state index in [0.717, 1.165) is 18.4 Å². The number of halogens is 2. The summed E-state index contributed by atoms with van der Waals surface area (Å²) in [7, 11) is 0. The molecule has 2 bridgehead atoms. The van der Waals surface area contributed by atoms with Crippen molar-refractivity contribution < 1.29 is 9.90 Å². The summed E-state index contributed by atoms with van der Waals surface area (Å²) < 4.78 is 0. The van der Waals surface area contributed by atoms with E-state index in [-0.39, 0.29) is 29.7 Å². The summed E-state index contributed by atoms with van der Waals surface area (Å²) in [6, 6.07) is 5.72. The minimum Gasteiger partial charge on any atom is -0.391 e. The number of aliphatic hydroxyl groups excluding tert-OH is 1. The molecular formula is C16H19Cl2NO2. The molecule has 2 heterocycles. The normalized spacial score (nSPS) is 35.0. The topological polar surface area (TPSA) is 49.3 Å². The van der Waals surface area contributed by atoms with Crippen LogP contribution in [0.1, 0.15) is 37.7 Å². The van der Waals surface area contributed by atoms with Crippen molar-refractivity contribution in [1.29, 1.82) is 0 Å². The van der Waals surface area contributed by atoms with Crippen molar-refractivity contribution in [2.24, 2.45) is 5.92 Å². The third-order valence-electron chi connectivity index (χ3n) is 4.82. The molecule has 0 amide bonds. The zero-order valence-corrected chi connectivity index (χ0v) is 13.4. The lowest BCUT2D eigenvalue weighted by molar-refractivity contribution is -0.125. The third kappa shape index (κ3) is 2.72. The molecule has 1 aromatic carbocycles. The van der Waals surface area contributed by atoms with E-state index in [9.17, 15) is 9.90 Å². The van der Waals surface area contributed by atoms with E-state index in [2.05, 4.69) is 5.32 Å². The van der Waals surface area contributed by atoms with Gasteiger partial charge in [-0.15, -0.1) is 0 Å². The molecule has 2 saturated heterocycles. The minimum absolute atomic E-state index is 0.0978. The number of hydrogen-bond donors (Lipinski definition) is 2. The number of aliphatic hydroxyl groups is 1. The van der Waals surface area contributed by atoms with Gasteiger partial charge in [-0.05, 0) is 36.5 Å². The summed E-state index contributed by atoms with van der Waals surface area (Å²) in [4.78, 5) is 12.4. The van der Waals surface area contributed by atoms with E-state index >= 15 is 0 Å². The molecule has 2 unspecified atom stereocenters. The fourth-order valence-corrected chi connectivity index (χ4v) is 4.15. The van der Waals surface area contributed by atoms with Crippen LogP contribution in [0.3, 0.4) is 0 Å². The first-order valence-corrected chi connectivity index (χ1v) is 8.18. The molecule has 2 aliphatic heterocycles. The molecule has 0 aromatic heterocycles. The summed E-state index contributed by atoms with van der Waals surface area (Å²) in [6.07, 6.45) is 1.61. The second-order valence-corrected chi connectivity index (χ2v) is 6.87. The fraction of sp³-hybridized carbons (Fsp3) is 0.562. The number of rotatable bonds is 3. The van der Waals surface area contributed by atoms with E-state index < -0.39 is 6.10 Å². The van der Waals surface area contributed by atoms with Crippen LogP contribution in [0.15, 0.2) is 18.2 Å². The number of Topliss-reactive ketones (excluding diaryl/α,β-unsaturated/α-hetero) is 1. The van der Waals surface area contributed by atoms with Crippen LogP contribution in [0.2, 0.25) is 10.0 Å². The number of ketones is 1. The van der Waals surface area contributed by atoms with Crippen LogP contribution >= 0.6 is 23.2 Å². The van der Waals surface area contributed by atoms with Crippen LogP contribution in [0.25, 0.3) is 0 Å². The molecule has 114 valence electrons.